The summed E-state index contributed by atoms with van der Waals surface area (Å²) in [6, 6.07) is 12.8. The number of nitrogens with zero attached hydrogens (tertiary/aromatic N) is 1. The maximum atomic E-state index is 13.0. The zero-order chi connectivity index (χ0) is 26.1. The van der Waals surface area contributed by atoms with Crippen LogP contribution in [0.25, 0.3) is 0 Å². The third-order valence-corrected chi connectivity index (χ3v) is 6.38. The lowest BCUT2D eigenvalue weighted by Crippen LogP contribution is -2.09. The van der Waals surface area contributed by atoms with Gasteiger partial charge in [0, 0.05) is 23.2 Å². The first-order valence-corrected chi connectivity index (χ1v) is 11.6. The van der Waals surface area contributed by atoms with Crippen molar-refractivity contribution in [2.75, 3.05) is 0 Å². The van der Waals surface area contributed by atoms with Crippen LogP contribution >= 0.6 is 11.3 Å². The van der Waals surface area contributed by atoms with Gasteiger partial charge in [-0.15, -0.1) is 11.3 Å². The minimum Gasteiger partial charge on any atom is -0.431 e. The average molecular weight is 525 g/mol. The lowest BCUT2D eigenvalue weighted by Gasteiger charge is -2.19. The summed E-state index contributed by atoms with van der Waals surface area (Å²) in [6.07, 6.45) is 5.68. The third kappa shape index (κ3) is 7.30. The molecule has 1 aromatic heterocycles. The number of nitrogens with one attached hydrogen (secondary N) is 1. The number of hydroxylamine groups is 1. The van der Waals surface area contributed by atoms with E-state index in [0.29, 0.717) is 27.4 Å². The van der Waals surface area contributed by atoms with Gasteiger partial charge in [0.25, 0.3) is 0 Å². The molecule has 0 saturated heterocycles. The predicted molar refractivity (Wildman–Crippen MR) is 127 cm³/mol. The SMILES string of the molecule is C/C=C(\C=C/NO)CC(c1ccc(OC(F)F)c(OC(F)F)c1)c1cnc(C(O)c2ccccc2)s1. The highest BCUT2D eigenvalue weighted by atomic mass is 32.1. The molecule has 192 valence electrons. The lowest BCUT2D eigenvalue weighted by molar-refractivity contribution is -0.0692. The van der Waals surface area contributed by atoms with Gasteiger partial charge >= 0.3 is 13.2 Å². The minimum absolute atomic E-state index is 0.334. The van der Waals surface area contributed by atoms with E-state index in [2.05, 4.69) is 14.5 Å². The monoisotopic (exact) mass is 524 g/mol. The number of benzene rings is 2. The molecule has 6 nitrogen and oxygen atoms in total. The van der Waals surface area contributed by atoms with Gasteiger partial charge in [0.1, 0.15) is 11.1 Å². The Balaban J connectivity index is 2.03. The number of aromatic nitrogens is 1. The number of hydrogen-bond acceptors (Lipinski definition) is 7. The average Bonchev–Trinajstić information content (AvgIpc) is 3.35. The first-order chi connectivity index (χ1) is 17.3. The number of alkyl halides is 4. The minimum atomic E-state index is -3.25. The van der Waals surface area contributed by atoms with E-state index in [4.69, 9.17) is 5.21 Å². The van der Waals surface area contributed by atoms with Gasteiger partial charge < -0.3 is 14.6 Å². The summed E-state index contributed by atoms with van der Waals surface area (Å²) in [5.74, 6) is -1.53. The van der Waals surface area contributed by atoms with Crippen molar-refractivity contribution in [1.29, 1.82) is 0 Å². The van der Waals surface area contributed by atoms with Gasteiger partial charge in [-0.25, -0.2) is 4.98 Å². The number of halogens is 4. The topological polar surface area (TPSA) is 83.8 Å². The van der Waals surface area contributed by atoms with Crippen molar-refractivity contribution in [2.24, 2.45) is 0 Å². The van der Waals surface area contributed by atoms with Crippen LogP contribution in [0.1, 0.15) is 46.4 Å². The van der Waals surface area contributed by atoms with Gasteiger partial charge in [-0.3, -0.25) is 10.7 Å². The maximum absolute atomic E-state index is 13.0. The molecule has 11 heteroatoms. The number of ether oxygens (including phenoxy) is 2. The Morgan fingerprint density at radius 2 is 1.72 bits per heavy atom. The number of rotatable bonds is 12. The molecule has 1 heterocycles. The summed E-state index contributed by atoms with van der Waals surface area (Å²) in [7, 11) is 0. The second kappa shape index (κ2) is 13.1. The van der Waals surface area contributed by atoms with Gasteiger partial charge in [-0.05, 0) is 48.3 Å². The molecular weight excluding hydrogens is 500 g/mol. The number of hydrogen-bond donors (Lipinski definition) is 3. The van der Waals surface area contributed by atoms with Gasteiger partial charge in [-0.1, -0.05) is 42.5 Å². The van der Waals surface area contributed by atoms with Crippen LogP contribution in [0.4, 0.5) is 17.6 Å². The lowest BCUT2D eigenvalue weighted by atomic mass is 9.90. The maximum Gasteiger partial charge on any atom is 0.387 e. The predicted octanol–water partition coefficient (Wildman–Crippen LogP) is 6.39. The second-order valence-electron chi connectivity index (χ2n) is 7.46. The fourth-order valence-corrected chi connectivity index (χ4v) is 4.60. The zero-order valence-corrected chi connectivity index (χ0v) is 19.8. The Bertz CT molecular complexity index is 1170. The Morgan fingerprint density at radius 1 is 1.03 bits per heavy atom. The van der Waals surface area contributed by atoms with E-state index in [9.17, 15) is 22.7 Å². The highest BCUT2D eigenvalue weighted by Crippen LogP contribution is 2.40. The molecule has 0 bridgehead atoms. The first-order valence-electron chi connectivity index (χ1n) is 10.8. The normalized spacial score (nSPS) is 13.9. The van der Waals surface area contributed by atoms with E-state index in [1.807, 2.05) is 11.5 Å². The number of aliphatic hydroxyl groups excluding tert-OH is 1. The Hall–Kier alpha value is -3.41. The molecule has 0 radical (unpaired) electrons. The first kappa shape index (κ1) is 27.2. The molecule has 0 aliphatic carbocycles. The molecule has 2 aromatic carbocycles. The molecule has 3 rings (SSSR count). The van der Waals surface area contributed by atoms with E-state index in [1.165, 1.54) is 29.7 Å². The van der Waals surface area contributed by atoms with Crippen molar-refractivity contribution in [3.63, 3.8) is 0 Å². The number of aliphatic hydroxyl groups is 1. The highest BCUT2D eigenvalue weighted by Gasteiger charge is 2.24. The fraction of sp³-hybridized carbons (Fsp3) is 0.240. The van der Waals surface area contributed by atoms with E-state index >= 15 is 0 Å². The summed E-state index contributed by atoms with van der Waals surface area (Å²) >= 11 is 1.23. The molecule has 0 amide bonds. The molecule has 0 aliphatic rings. The second-order valence-corrected chi connectivity index (χ2v) is 8.55. The van der Waals surface area contributed by atoms with Gasteiger partial charge in [0.15, 0.2) is 11.5 Å². The van der Waals surface area contributed by atoms with Crippen molar-refractivity contribution in [3.05, 3.63) is 99.7 Å². The van der Waals surface area contributed by atoms with Crippen molar-refractivity contribution in [2.45, 2.75) is 38.6 Å². The largest absolute Gasteiger partial charge is 0.431 e. The Morgan fingerprint density at radius 3 is 2.36 bits per heavy atom. The zero-order valence-electron chi connectivity index (χ0n) is 19.0. The Kier molecular flexibility index (Phi) is 9.86. The number of allylic oxidation sites excluding steroid dienone is 3. The van der Waals surface area contributed by atoms with Crippen molar-refractivity contribution < 1.29 is 37.3 Å². The molecule has 3 N–H and O–H groups in total. The van der Waals surface area contributed by atoms with Crippen molar-refractivity contribution in [1.82, 2.24) is 10.5 Å². The molecule has 0 aliphatic heterocycles. The van der Waals surface area contributed by atoms with E-state index in [0.717, 1.165) is 11.6 Å². The fourth-order valence-electron chi connectivity index (χ4n) is 3.53. The smallest absolute Gasteiger partial charge is 0.387 e. The van der Waals surface area contributed by atoms with E-state index in [-0.39, 0.29) is 0 Å². The summed E-state index contributed by atoms with van der Waals surface area (Å²) in [5, 5.41) is 20.1. The van der Waals surface area contributed by atoms with Crippen LogP contribution in [0, 0.1) is 0 Å². The van der Waals surface area contributed by atoms with E-state index in [1.54, 1.807) is 49.5 Å². The van der Waals surface area contributed by atoms with Crippen LogP contribution in [0.3, 0.4) is 0 Å². The van der Waals surface area contributed by atoms with Crippen LogP contribution in [0.2, 0.25) is 0 Å². The molecule has 3 aromatic rings. The summed E-state index contributed by atoms with van der Waals surface area (Å²) in [5.41, 5.74) is 3.82. The molecule has 36 heavy (non-hydrogen) atoms. The molecular formula is C25H24F4N2O4S. The van der Waals surface area contributed by atoms with Gasteiger partial charge in [-0.2, -0.15) is 17.6 Å². The van der Waals surface area contributed by atoms with E-state index < -0.39 is 36.7 Å². The molecule has 0 spiro atoms. The molecule has 0 saturated carbocycles. The summed E-state index contributed by atoms with van der Waals surface area (Å²) < 4.78 is 60.4. The van der Waals surface area contributed by atoms with Crippen LogP contribution in [0.5, 0.6) is 11.5 Å². The van der Waals surface area contributed by atoms with Crippen molar-refractivity contribution in [3.8, 4) is 11.5 Å². The van der Waals surface area contributed by atoms with Crippen molar-refractivity contribution >= 4 is 11.3 Å². The Labute approximate surface area is 209 Å². The highest BCUT2D eigenvalue weighted by molar-refractivity contribution is 7.11. The standard InChI is InChI=1S/C25H24F4N2O4S/c1-2-15(10-11-31-33)12-18(17-8-9-19(34-24(26)27)20(13-17)35-25(28)29)21-14-30-23(36-21)22(32)16-6-4-3-5-7-16/h2-11,13-14,18,22,24-25,31-33H,12H2,1H3/b11-10-,15-2+. The van der Waals surface area contributed by atoms with Gasteiger partial charge in [0.05, 0.1) is 0 Å². The van der Waals surface area contributed by atoms with Crippen LogP contribution in [-0.4, -0.2) is 28.5 Å². The van der Waals surface area contributed by atoms with Gasteiger partial charge in [0.2, 0.25) is 0 Å². The molecule has 2 atom stereocenters. The van der Waals surface area contributed by atoms with Crippen LogP contribution < -0.4 is 15.0 Å². The quantitative estimate of drug-likeness (QED) is 0.145. The molecule has 0 fully saturated rings. The summed E-state index contributed by atoms with van der Waals surface area (Å²) in [4.78, 5) is 5.06. The summed E-state index contributed by atoms with van der Waals surface area (Å²) in [6.45, 7) is -4.68. The molecule has 2 unspecified atom stereocenters. The van der Waals surface area contributed by atoms with Crippen LogP contribution in [-0.2, 0) is 0 Å². The number of thiazole rings is 1. The van der Waals surface area contributed by atoms with Crippen LogP contribution in [0.15, 0.2) is 78.7 Å². The third-order valence-electron chi connectivity index (χ3n) is 5.22.